The molecule has 1 fully saturated rings. The lowest BCUT2D eigenvalue weighted by atomic mass is 10.1. The number of Topliss-reactive ketones (excluding diaryl/α,β-unsaturated/α-hetero) is 1. The molecule has 0 aromatic heterocycles. The van der Waals surface area contributed by atoms with Gasteiger partial charge in [-0.3, -0.25) is 9.59 Å². The van der Waals surface area contributed by atoms with Crippen LogP contribution in [0.2, 0.25) is 0 Å². The first-order chi connectivity index (χ1) is 9.47. The fourth-order valence-corrected chi connectivity index (χ4v) is 1.82. The summed E-state index contributed by atoms with van der Waals surface area (Å²) in [5.41, 5.74) is 0. The van der Waals surface area contributed by atoms with Crippen molar-refractivity contribution in [3.63, 3.8) is 0 Å². The molecule has 0 aromatic carbocycles. The molecule has 3 unspecified atom stereocenters. The molecule has 0 spiro atoms. The van der Waals surface area contributed by atoms with E-state index in [0.717, 1.165) is 19.3 Å². The highest BCUT2D eigenvalue weighted by molar-refractivity contribution is 6.09. The molecule has 114 valence electrons. The Labute approximate surface area is 116 Å². The maximum atomic E-state index is 11.4. The summed E-state index contributed by atoms with van der Waals surface area (Å²) in [6.07, 6.45) is -0.801. The summed E-state index contributed by atoms with van der Waals surface area (Å²) in [6.45, 7) is 1.62. The molecule has 7 nitrogen and oxygen atoms in total. The van der Waals surface area contributed by atoms with Crippen molar-refractivity contribution in [3.05, 3.63) is 0 Å². The number of aliphatic hydroxyl groups is 2. The molecule has 0 radical (unpaired) electrons. The minimum Gasteiger partial charge on any atom is -0.463 e. The van der Waals surface area contributed by atoms with Gasteiger partial charge in [0.2, 0.25) is 11.9 Å². The lowest BCUT2D eigenvalue weighted by Gasteiger charge is -2.15. The Kier molecular flexibility index (Phi) is 6.60. The van der Waals surface area contributed by atoms with Crippen LogP contribution in [-0.2, 0) is 23.9 Å². The predicted octanol–water partition coefficient (Wildman–Crippen LogP) is -0.284. The Balaban J connectivity index is 2.26. The summed E-state index contributed by atoms with van der Waals surface area (Å²) in [5.74, 6) is -2.48. The summed E-state index contributed by atoms with van der Waals surface area (Å²) in [5, 5.41) is 18.7. The summed E-state index contributed by atoms with van der Waals surface area (Å²) in [4.78, 5) is 33.6. The van der Waals surface area contributed by atoms with Gasteiger partial charge in [0, 0.05) is 6.42 Å². The zero-order valence-corrected chi connectivity index (χ0v) is 11.4. The van der Waals surface area contributed by atoms with Crippen molar-refractivity contribution in [3.8, 4) is 0 Å². The fourth-order valence-electron chi connectivity index (χ4n) is 1.82. The van der Waals surface area contributed by atoms with E-state index in [2.05, 4.69) is 11.7 Å². The van der Waals surface area contributed by atoms with Crippen LogP contribution in [-0.4, -0.2) is 52.9 Å². The van der Waals surface area contributed by atoms with E-state index >= 15 is 0 Å². The van der Waals surface area contributed by atoms with Crippen molar-refractivity contribution in [2.45, 2.75) is 57.3 Å². The third-order valence-electron chi connectivity index (χ3n) is 3.02. The van der Waals surface area contributed by atoms with Gasteiger partial charge in [0.1, 0.15) is 12.7 Å². The second-order valence-electron chi connectivity index (χ2n) is 4.72. The van der Waals surface area contributed by atoms with Gasteiger partial charge in [0.05, 0.1) is 0 Å². The highest BCUT2D eigenvalue weighted by Crippen LogP contribution is 2.15. The number of carbonyl (C=O) groups excluding carboxylic acids is 3. The monoisotopic (exact) mass is 288 g/mol. The maximum absolute atomic E-state index is 11.4. The standard InChI is InChI=1S/C13H20O7/c1-2-3-4-5-6-9(15)19-7-8(14)12-10(16)11(17)13(18)20-12/h8,11-12,14,17H,2-7H2,1H3. The van der Waals surface area contributed by atoms with Gasteiger partial charge in [-0.05, 0) is 6.42 Å². The van der Waals surface area contributed by atoms with Crippen LogP contribution in [0.4, 0.5) is 0 Å². The molecule has 2 N–H and O–H groups in total. The molecule has 1 rings (SSSR count). The summed E-state index contributed by atoms with van der Waals surface area (Å²) >= 11 is 0. The minimum atomic E-state index is -1.86. The SMILES string of the molecule is CCCCCCC(=O)OCC(O)C1OC(=O)C(O)C1=O. The predicted molar refractivity (Wildman–Crippen MR) is 66.6 cm³/mol. The topological polar surface area (TPSA) is 110 Å². The minimum absolute atomic E-state index is 0.244. The molecule has 1 aliphatic rings. The van der Waals surface area contributed by atoms with Crippen LogP contribution in [0.3, 0.4) is 0 Å². The second kappa shape index (κ2) is 7.96. The fraction of sp³-hybridized carbons (Fsp3) is 0.769. The van der Waals surface area contributed by atoms with Crippen molar-refractivity contribution >= 4 is 17.7 Å². The van der Waals surface area contributed by atoms with E-state index in [9.17, 15) is 19.5 Å². The van der Waals surface area contributed by atoms with Crippen molar-refractivity contribution in [2.75, 3.05) is 6.61 Å². The number of rotatable bonds is 8. The summed E-state index contributed by atoms with van der Waals surface area (Å²) in [7, 11) is 0. The average Bonchev–Trinajstić information content (AvgIpc) is 2.69. The Hall–Kier alpha value is -1.47. The molecule has 1 aliphatic heterocycles. The average molecular weight is 288 g/mol. The summed E-state index contributed by atoms with van der Waals surface area (Å²) in [6, 6.07) is 0. The maximum Gasteiger partial charge on any atom is 0.343 e. The molecule has 0 aromatic rings. The van der Waals surface area contributed by atoms with E-state index < -0.39 is 42.6 Å². The van der Waals surface area contributed by atoms with E-state index in [4.69, 9.17) is 9.84 Å². The van der Waals surface area contributed by atoms with Crippen molar-refractivity contribution in [1.29, 1.82) is 0 Å². The Morgan fingerprint density at radius 3 is 2.60 bits per heavy atom. The number of unbranched alkanes of at least 4 members (excludes halogenated alkanes) is 3. The number of carbonyl (C=O) groups is 3. The molecular weight excluding hydrogens is 268 g/mol. The first-order valence-corrected chi connectivity index (χ1v) is 6.73. The Morgan fingerprint density at radius 2 is 2.05 bits per heavy atom. The smallest absolute Gasteiger partial charge is 0.343 e. The van der Waals surface area contributed by atoms with Crippen molar-refractivity contribution < 1.29 is 34.1 Å². The molecule has 0 amide bonds. The third-order valence-corrected chi connectivity index (χ3v) is 3.02. The number of hydrogen-bond donors (Lipinski definition) is 2. The molecule has 20 heavy (non-hydrogen) atoms. The van der Waals surface area contributed by atoms with E-state index in [-0.39, 0.29) is 6.42 Å². The third kappa shape index (κ3) is 4.57. The zero-order chi connectivity index (χ0) is 15.1. The van der Waals surface area contributed by atoms with Crippen LogP contribution in [0.15, 0.2) is 0 Å². The van der Waals surface area contributed by atoms with E-state index in [1.54, 1.807) is 0 Å². The van der Waals surface area contributed by atoms with Gasteiger partial charge in [-0.15, -0.1) is 0 Å². The molecule has 0 bridgehead atoms. The first-order valence-electron chi connectivity index (χ1n) is 6.73. The normalized spacial score (nSPS) is 23.6. The molecule has 3 atom stereocenters. The number of esters is 2. The van der Waals surface area contributed by atoms with Gasteiger partial charge >= 0.3 is 11.9 Å². The van der Waals surface area contributed by atoms with E-state index in [1.165, 1.54) is 0 Å². The van der Waals surface area contributed by atoms with Crippen LogP contribution in [0.25, 0.3) is 0 Å². The van der Waals surface area contributed by atoms with Gasteiger partial charge in [0.15, 0.2) is 6.10 Å². The molecule has 0 saturated carbocycles. The van der Waals surface area contributed by atoms with Gasteiger partial charge in [-0.1, -0.05) is 26.2 Å². The number of aliphatic hydroxyl groups excluding tert-OH is 2. The van der Waals surface area contributed by atoms with Crippen LogP contribution in [0.1, 0.15) is 39.0 Å². The van der Waals surface area contributed by atoms with Crippen molar-refractivity contribution in [2.24, 2.45) is 0 Å². The van der Waals surface area contributed by atoms with Crippen molar-refractivity contribution in [1.82, 2.24) is 0 Å². The Bertz CT molecular complexity index is 366. The number of cyclic esters (lactones) is 1. The van der Waals surface area contributed by atoms with Gasteiger partial charge < -0.3 is 19.7 Å². The van der Waals surface area contributed by atoms with E-state index in [0.29, 0.717) is 6.42 Å². The van der Waals surface area contributed by atoms with Crippen LogP contribution >= 0.6 is 0 Å². The number of hydrogen-bond acceptors (Lipinski definition) is 7. The lowest BCUT2D eigenvalue weighted by Crippen LogP contribution is -2.38. The highest BCUT2D eigenvalue weighted by atomic mass is 16.6. The largest absolute Gasteiger partial charge is 0.463 e. The highest BCUT2D eigenvalue weighted by Gasteiger charge is 2.46. The van der Waals surface area contributed by atoms with Crippen LogP contribution in [0, 0.1) is 0 Å². The van der Waals surface area contributed by atoms with Gasteiger partial charge in [-0.2, -0.15) is 0 Å². The van der Waals surface area contributed by atoms with Crippen LogP contribution < -0.4 is 0 Å². The number of ether oxygens (including phenoxy) is 2. The first kappa shape index (κ1) is 16.6. The molecule has 0 aliphatic carbocycles. The summed E-state index contributed by atoms with van der Waals surface area (Å²) < 4.78 is 9.31. The lowest BCUT2D eigenvalue weighted by molar-refractivity contribution is -0.156. The Morgan fingerprint density at radius 1 is 1.35 bits per heavy atom. The second-order valence-corrected chi connectivity index (χ2v) is 4.72. The quantitative estimate of drug-likeness (QED) is 0.359. The van der Waals surface area contributed by atoms with Crippen LogP contribution in [0.5, 0.6) is 0 Å². The molecular formula is C13H20O7. The van der Waals surface area contributed by atoms with Gasteiger partial charge in [0.25, 0.3) is 0 Å². The van der Waals surface area contributed by atoms with E-state index in [1.807, 2.05) is 0 Å². The van der Waals surface area contributed by atoms with Gasteiger partial charge in [-0.25, -0.2) is 4.79 Å². The number of ketones is 1. The molecule has 1 heterocycles. The molecule has 1 saturated heterocycles. The molecule has 7 heteroatoms. The zero-order valence-electron chi connectivity index (χ0n) is 11.4.